The Hall–Kier alpha value is -1.69. The molecule has 1 saturated carbocycles. The highest BCUT2D eigenvalue weighted by Crippen LogP contribution is 2.48. The van der Waals surface area contributed by atoms with Gasteiger partial charge in [0.2, 0.25) is 5.91 Å². The summed E-state index contributed by atoms with van der Waals surface area (Å²) in [6.07, 6.45) is 4.71. The number of aryl methyl sites for hydroxylation is 1. The SMILES string of the molecule is CSCC[C@@H](NC(N)=O)C(=O)NCC1(c2ccccc2C)CC1. The van der Waals surface area contributed by atoms with E-state index in [4.69, 9.17) is 5.73 Å². The smallest absolute Gasteiger partial charge is 0.312 e. The fraction of sp³-hybridized carbons (Fsp3) is 0.529. The van der Waals surface area contributed by atoms with E-state index in [0.29, 0.717) is 13.0 Å². The van der Waals surface area contributed by atoms with E-state index in [9.17, 15) is 9.59 Å². The topological polar surface area (TPSA) is 84.2 Å². The van der Waals surface area contributed by atoms with Gasteiger partial charge in [-0.25, -0.2) is 4.79 Å². The van der Waals surface area contributed by atoms with Gasteiger partial charge in [0.25, 0.3) is 0 Å². The van der Waals surface area contributed by atoms with E-state index in [1.54, 1.807) is 11.8 Å². The van der Waals surface area contributed by atoms with Crippen LogP contribution in [0, 0.1) is 6.92 Å². The van der Waals surface area contributed by atoms with Crippen molar-refractivity contribution in [2.45, 2.75) is 37.6 Å². The Morgan fingerprint density at radius 2 is 2.04 bits per heavy atom. The number of hydrogen-bond acceptors (Lipinski definition) is 3. The van der Waals surface area contributed by atoms with Crippen molar-refractivity contribution in [3.63, 3.8) is 0 Å². The molecule has 0 aromatic heterocycles. The Bertz CT molecular complexity index is 573. The quantitative estimate of drug-likeness (QED) is 0.679. The van der Waals surface area contributed by atoms with E-state index in [1.165, 1.54) is 11.1 Å². The normalized spacial score (nSPS) is 16.4. The molecule has 1 atom stereocenters. The van der Waals surface area contributed by atoms with Gasteiger partial charge in [0.15, 0.2) is 0 Å². The Kier molecular flexibility index (Phi) is 5.93. The molecule has 23 heavy (non-hydrogen) atoms. The number of benzene rings is 1. The molecule has 0 heterocycles. The van der Waals surface area contributed by atoms with Gasteiger partial charge in [-0.05, 0) is 49.3 Å². The van der Waals surface area contributed by atoms with Crippen LogP contribution in [-0.4, -0.2) is 36.5 Å². The number of amides is 3. The third-order valence-electron chi connectivity index (χ3n) is 4.41. The number of carbonyl (C=O) groups excluding carboxylic acids is 2. The number of nitrogens with one attached hydrogen (secondary N) is 2. The molecule has 0 aliphatic heterocycles. The lowest BCUT2D eigenvalue weighted by Gasteiger charge is -2.22. The van der Waals surface area contributed by atoms with Crippen LogP contribution in [0.1, 0.15) is 30.4 Å². The predicted octanol–water partition coefficient (Wildman–Crippen LogP) is 1.93. The molecule has 0 bridgehead atoms. The number of primary amides is 1. The van der Waals surface area contributed by atoms with Crippen LogP contribution in [0.2, 0.25) is 0 Å². The maximum absolute atomic E-state index is 12.4. The number of urea groups is 1. The van der Waals surface area contributed by atoms with Crippen LogP contribution in [0.5, 0.6) is 0 Å². The minimum Gasteiger partial charge on any atom is -0.353 e. The Balaban J connectivity index is 1.97. The average molecular weight is 335 g/mol. The first-order valence-electron chi connectivity index (χ1n) is 7.87. The summed E-state index contributed by atoms with van der Waals surface area (Å²) in [6, 6.07) is 7.09. The predicted molar refractivity (Wildman–Crippen MR) is 94.6 cm³/mol. The summed E-state index contributed by atoms with van der Waals surface area (Å²) < 4.78 is 0. The lowest BCUT2D eigenvalue weighted by molar-refractivity contribution is -0.123. The lowest BCUT2D eigenvalue weighted by atomic mass is 9.92. The zero-order chi connectivity index (χ0) is 16.9. The number of hydrogen-bond donors (Lipinski definition) is 3. The minimum absolute atomic E-state index is 0.0534. The van der Waals surface area contributed by atoms with Crippen molar-refractivity contribution >= 4 is 23.7 Å². The third kappa shape index (κ3) is 4.64. The highest BCUT2D eigenvalue weighted by Gasteiger charge is 2.45. The molecule has 5 nitrogen and oxygen atoms in total. The minimum atomic E-state index is -0.661. The maximum Gasteiger partial charge on any atom is 0.312 e. The van der Waals surface area contributed by atoms with Crippen LogP contribution in [0.4, 0.5) is 4.79 Å². The summed E-state index contributed by atoms with van der Waals surface area (Å²) in [4.78, 5) is 23.5. The number of nitrogens with two attached hydrogens (primary N) is 1. The van der Waals surface area contributed by atoms with E-state index in [0.717, 1.165) is 18.6 Å². The summed E-state index contributed by atoms with van der Waals surface area (Å²) in [5.41, 5.74) is 7.79. The van der Waals surface area contributed by atoms with E-state index >= 15 is 0 Å². The number of rotatable bonds is 8. The Morgan fingerprint density at radius 3 is 2.61 bits per heavy atom. The second kappa shape index (κ2) is 7.73. The maximum atomic E-state index is 12.4. The second-order valence-electron chi connectivity index (χ2n) is 6.16. The van der Waals surface area contributed by atoms with Crippen LogP contribution in [0.25, 0.3) is 0 Å². The van der Waals surface area contributed by atoms with Gasteiger partial charge in [-0.2, -0.15) is 11.8 Å². The summed E-state index contributed by atoms with van der Waals surface area (Å²) in [6.45, 7) is 2.71. The molecule has 1 aromatic rings. The van der Waals surface area contributed by atoms with Gasteiger partial charge in [0.1, 0.15) is 6.04 Å². The van der Waals surface area contributed by atoms with Crippen LogP contribution in [0.15, 0.2) is 24.3 Å². The lowest BCUT2D eigenvalue weighted by Crippen LogP contribution is -2.50. The molecular weight excluding hydrogens is 310 g/mol. The van der Waals surface area contributed by atoms with Crippen LogP contribution in [-0.2, 0) is 10.2 Å². The van der Waals surface area contributed by atoms with Gasteiger partial charge in [-0.15, -0.1) is 0 Å². The summed E-state index contributed by atoms with van der Waals surface area (Å²) in [7, 11) is 0. The monoisotopic (exact) mass is 335 g/mol. The molecule has 0 saturated heterocycles. The molecule has 1 aliphatic rings. The first-order valence-corrected chi connectivity index (χ1v) is 9.26. The Labute approximate surface area is 141 Å². The Morgan fingerprint density at radius 1 is 1.35 bits per heavy atom. The van der Waals surface area contributed by atoms with Gasteiger partial charge >= 0.3 is 6.03 Å². The van der Waals surface area contributed by atoms with Crippen molar-refractivity contribution in [1.29, 1.82) is 0 Å². The molecule has 0 unspecified atom stereocenters. The van der Waals surface area contributed by atoms with Gasteiger partial charge < -0.3 is 16.4 Å². The molecular formula is C17H25N3O2S. The van der Waals surface area contributed by atoms with E-state index in [-0.39, 0.29) is 11.3 Å². The molecule has 1 aromatic carbocycles. The highest BCUT2D eigenvalue weighted by molar-refractivity contribution is 7.98. The van der Waals surface area contributed by atoms with Gasteiger partial charge in [-0.3, -0.25) is 4.79 Å². The van der Waals surface area contributed by atoms with Crippen molar-refractivity contribution < 1.29 is 9.59 Å². The van der Waals surface area contributed by atoms with Gasteiger partial charge in [-0.1, -0.05) is 24.3 Å². The van der Waals surface area contributed by atoms with E-state index in [2.05, 4.69) is 29.7 Å². The van der Waals surface area contributed by atoms with Crippen molar-refractivity contribution in [1.82, 2.24) is 10.6 Å². The first-order chi connectivity index (χ1) is 11.0. The zero-order valence-electron chi connectivity index (χ0n) is 13.7. The van der Waals surface area contributed by atoms with Crippen molar-refractivity contribution in [2.75, 3.05) is 18.6 Å². The molecule has 126 valence electrons. The average Bonchev–Trinajstić information content (AvgIpc) is 3.30. The van der Waals surface area contributed by atoms with Crippen molar-refractivity contribution in [3.8, 4) is 0 Å². The molecule has 0 radical (unpaired) electrons. The van der Waals surface area contributed by atoms with Gasteiger partial charge in [0.05, 0.1) is 0 Å². The molecule has 4 N–H and O–H groups in total. The van der Waals surface area contributed by atoms with Crippen LogP contribution < -0.4 is 16.4 Å². The van der Waals surface area contributed by atoms with Crippen molar-refractivity contribution in [3.05, 3.63) is 35.4 Å². The van der Waals surface area contributed by atoms with E-state index < -0.39 is 12.1 Å². The zero-order valence-corrected chi connectivity index (χ0v) is 14.5. The summed E-state index contributed by atoms with van der Waals surface area (Å²) in [5.74, 6) is 0.638. The largest absolute Gasteiger partial charge is 0.353 e. The first kappa shape index (κ1) is 17.7. The number of thioether (sulfide) groups is 1. The van der Waals surface area contributed by atoms with Gasteiger partial charge in [0, 0.05) is 12.0 Å². The van der Waals surface area contributed by atoms with E-state index in [1.807, 2.05) is 18.4 Å². The molecule has 6 heteroatoms. The second-order valence-corrected chi connectivity index (χ2v) is 7.14. The highest BCUT2D eigenvalue weighted by atomic mass is 32.2. The fourth-order valence-corrected chi connectivity index (χ4v) is 3.39. The van der Waals surface area contributed by atoms with Crippen LogP contribution in [0.3, 0.4) is 0 Å². The molecule has 1 fully saturated rings. The summed E-state index contributed by atoms with van der Waals surface area (Å²) >= 11 is 1.64. The fourth-order valence-electron chi connectivity index (χ4n) is 2.92. The molecule has 1 aliphatic carbocycles. The number of carbonyl (C=O) groups is 2. The molecule has 2 rings (SSSR count). The summed E-state index contributed by atoms with van der Waals surface area (Å²) in [5, 5.41) is 5.54. The van der Waals surface area contributed by atoms with Crippen LogP contribution >= 0.6 is 11.8 Å². The third-order valence-corrected chi connectivity index (χ3v) is 5.06. The standard InChI is InChI=1S/C17H25N3O2S/c1-12-5-3-4-6-13(12)17(8-9-17)11-19-15(21)14(7-10-23-2)20-16(18)22/h3-6,14H,7-11H2,1-2H3,(H,19,21)(H3,18,20,22)/t14-/m1/s1. The molecule has 0 spiro atoms. The van der Waals surface area contributed by atoms with Crippen molar-refractivity contribution in [2.24, 2.45) is 5.73 Å². The molecule has 3 amide bonds.